The summed E-state index contributed by atoms with van der Waals surface area (Å²) < 4.78 is 0. The molecule has 1 saturated heterocycles. The van der Waals surface area contributed by atoms with Gasteiger partial charge in [0, 0.05) is 13.1 Å². The number of aliphatic hydroxyl groups excluding tert-OH is 1. The Balaban J connectivity index is 2.60. The molecule has 0 aliphatic carbocycles. The van der Waals surface area contributed by atoms with Crippen LogP contribution < -0.4 is 5.32 Å². The molecule has 0 aromatic heterocycles. The van der Waals surface area contributed by atoms with Gasteiger partial charge in [-0.1, -0.05) is 20.3 Å². The zero-order valence-corrected chi connectivity index (χ0v) is 9.51. The number of carboxylic acid groups (broad SMARTS) is 1. The van der Waals surface area contributed by atoms with Crippen molar-refractivity contribution < 1.29 is 19.8 Å². The van der Waals surface area contributed by atoms with Crippen LogP contribution >= 0.6 is 0 Å². The molecule has 92 valence electrons. The van der Waals surface area contributed by atoms with Crippen molar-refractivity contribution in [2.24, 2.45) is 5.92 Å². The fourth-order valence-electron chi connectivity index (χ4n) is 1.65. The highest BCUT2D eigenvalue weighted by atomic mass is 16.4. The van der Waals surface area contributed by atoms with Gasteiger partial charge in [0.05, 0.1) is 6.10 Å². The second-order valence-electron chi connectivity index (χ2n) is 4.21. The number of hydrogen-bond donors (Lipinski definition) is 3. The van der Waals surface area contributed by atoms with Crippen molar-refractivity contribution in [1.82, 2.24) is 10.2 Å². The van der Waals surface area contributed by atoms with Crippen LogP contribution in [-0.2, 0) is 4.79 Å². The number of β-amino-alcohol motifs (C(OH)–C–C–N with tert-alkyl or cyclic N) is 1. The van der Waals surface area contributed by atoms with Crippen LogP contribution in [0.4, 0.5) is 4.79 Å². The second-order valence-corrected chi connectivity index (χ2v) is 4.21. The lowest BCUT2D eigenvalue weighted by molar-refractivity contribution is -0.144. The summed E-state index contributed by atoms with van der Waals surface area (Å²) in [4.78, 5) is 24.0. The predicted molar refractivity (Wildman–Crippen MR) is 57.0 cm³/mol. The first-order valence-electron chi connectivity index (χ1n) is 5.42. The topological polar surface area (TPSA) is 89.9 Å². The molecular formula is C10H18N2O4. The maximum atomic E-state index is 11.9. The zero-order valence-electron chi connectivity index (χ0n) is 9.51. The molecule has 0 spiro atoms. The number of nitrogens with zero attached hydrogens (tertiary/aromatic N) is 1. The van der Waals surface area contributed by atoms with Crippen molar-refractivity contribution in [1.29, 1.82) is 0 Å². The van der Waals surface area contributed by atoms with Gasteiger partial charge in [-0.15, -0.1) is 0 Å². The average molecular weight is 230 g/mol. The van der Waals surface area contributed by atoms with Gasteiger partial charge in [0.1, 0.15) is 6.04 Å². The third kappa shape index (κ3) is 2.85. The van der Waals surface area contributed by atoms with E-state index in [2.05, 4.69) is 5.32 Å². The summed E-state index contributed by atoms with van der Waals surface area (Å²) in [6, 6.07) is -0.713. The number of rotatable bonds is 4. The number of likely N-dealkylation sites (tertiary alicyclic amines) is 1. The molecule has 0 bridgehead atoms. The van der Waals surface area contributed by atoms with E-state index in [4.69, 9.17) is 10.2 Å². The highest BCUT2D eigenvalue weighted by Crippen LogP contribution is 2.15. The van der Waals surface area contributed by atoms with E-state index in [1.807, 2.05) is 13.8 Å². The van der Waals surface area contributed by atoms with Gasteiger partial charge in [-0.2, -0.15) is 0 Å². The summed E-state index contributed by atoms with van der Waals surface area (Å²) >= 11 is 0. The van der Waals surface area contributed by atoms with Crippen LogP contribution in [0.25, 0.3) is 0 Å². The first kappa shape index (κ1) is 12.8. The van der Waals surface area contributed by atoms with Gasteiger partial charge in [0.15, 0.2) is 0 Å². The van der Waals surface area contributed by atoms with Gasteiger partial charge in [-0.05, 0) is 5.92 Å². The number of carbonyl (C=O) groups is 2. The number of aliphatic hydroxyl groups is 1. The molecule has 1 aliphatic rings. The Morgan fingerprint density at radius 2 is 2.06 bits per heavy atom. The van der Waals surface area contributed by atoms with Crippen molar-refractivity contribution in [3.8, 4) is 0 Å². The van der Waals surface area contributed by atoms with E-state index in [0.29, 0.717) is 19.5 Å². The van der Waals surface area contributed by atoms with Gasteiger partial charge in [-0.3, -0.25) is 4.79 Å². The Labute approximate surface area is 94.2 Å². The maximum absolute atomic E-state index is 11.9. The van der Waals surface area contributed by atoms with Gasteiger partial charge in [0.25, 0.3) is 0 Å². The molecule has 1 rings (SSSR count). The number of carbonyl (C=O) groups excluding carboxylic acids is 1. The fraction of sp³-hybridized carbons (Fsp3) is 0.800. The smallest absolute Gasteiger partial charge is 0.405 e. The quantitative estimate of drug-likeness (QED) is 0.627. The van der Waals surface area contributed by atoms with Crippen LogP contribution in [0.15, 0.2) is 0 Å². The summed E-state index contributed by atoms with van der Waals surface area (Å²) in [5.74, 6) is -0.302. The minimum atomic E-state index is -1.19. The van der Waals surface area contributed by atoms with Crippen LogP contribution in [-0.4, -0.2) is 52.3 Å². The number of hydrogen-bond acceptors (Lipinski definition) is 3. The lowest BCUT2D eigenvalue weighted by Gasteiger charge is -2.39. The molecule has 6 nitrogen and oxygen atoms in total. The van der Waals surface area contributed by atoms with Crippen LogP contribution in [0.1, 0.15) is 20.3 Å². The van der Waals surface area contributed by atoms with Crippen LogP contribution in [0.2, 0.25) is 0 Å². The monoisotopic (exact) mass is 230 g/mol. The van der Waals surface area contributed by atoms with Gasteiger partial charge in [-0.25, -0.2) is 4.79 Å². The first-order valence-corrected chi connectivity index (χ1v) is 5.42. The average Bonchev–Trinajstić information content (AvgIpc) is 2.19. The Hall–Kier alpha value is -1.30. The summed E-state index contributed by atoms with van der Waals surface area (Å²) in [6.07, 6.45) is -0.946. The zero-order chi connectivity index (χ0) is 12.3. The molecule has 0 aromatic carbocycles. The summed E-state index contributed by atoms with van der Waals surface area (Å²) in [6.45, 7) is 4.33. The Kier molecular flexibility index (Phi) is 4.12. The lowest BCUT2D eigenvalue weighted by Crippen LogP contribution is -2.60. The minimum absolute atomic E-state index is 0.0543. The molecule has 1 aliphatic heterocycles. The molecule has 0 saturated carbocycles. The van der Waals surface area contributed by atoms with E-state index in [0.717, 1.165) is 0 Å². The highest BCUT2D eigenvalue weighted by Gasteiger charge is 2.36. The SMILES string of the molecule is CC[C@H](C)C(NC(=O)O)C(=O)N1CC(O)C1. The summed E-state index contributed by atoms with van der Waals surface area (Å²) in [5, 5.41) is 20.0. The highest BCUT2D eigenvalue weighted by molar-refractivity contribution is 5.86. The molecule has 1 fully saturated rings. The molecule has 1 unspecified atom stereocenters. The van der Waals surface area contributed by atoms with Crippen LogP contribution in [0.5, 0.6) is 0 Å². The van der Waals surface area contributed by atoms with Crippen molar-refractivity contribution in [3.05, 3.63) is 0 Å². The molecule has 2 amide bonds. The largest absolute Gasteiger partial charge is 0.465 e. The third-order valence-electron chi connectivity index (χ3n) is 2.93. The van der Waals surface area contributed by atoms with Crippen LogP contribution in [0, 0.1) is 5.92 Å². The molecule has 1 heterocycles. The molecular weight excluding hydrogens is 212 g/mol. The third-order valence-corrected chi connectivity index (χ3v) is 2.93. The molecule has 0 radical (unpaired) electrons. The van der Waals surface area contributed by atoms with Crippen molar-refractivity contribution in [2.75, 3.05) is 13.1 Å². The Morgan fingerprint density at radius 1 is 1.50 bits per heavy atom. The van der Waals surface area contributed by atoms with Gasteiger partial charge in [0.2, 0.25) is 5.91 Å². The van der Waals surface area contributed by atoms with Crippen molar-refractivity contribution in [3.63, 3.8) is 0 Å². The molecule has 3 N–H and O–H groups in total. The van der Waals surface area contributed by atoms with Gasteiger partial charge < -0.3 is 20.4 Å². The molecule has 16 heavy (non-hydrogen) atoms. The molecule has 6 heteroatoms. The van der Waals surface area contributed by atoms with Crippen LogP contribution in [0.3, 0.4) is 0 Å². The Morgan fingerprint density at radius 3 is 2.44 bits per heavy atom. The number of nitrogens with one attached hydrogen (secondary N) is 1. The number of amides is 2. The Bertz CT molecular complexity index is 276. The van der Waals surface area contributed by atoms with Gasteiger partial charge >= 0.3 is 6.09 Å². The standard InChI is InChI=1S/C10H18N2O4/c1-3-6(2)8(11-10(15)16)9(14)12-4-7(13)5-12/h6-8,11,13H,3-5H2,1-2H3,(H,15,16)/t6-,8?/m0/s1. The molecule has 2 atom stereocenters. The van der Waals surface area contributed by atoms with E-state index < -0.39 is 18.2 Å². The van der Waals surface area contributed by atoms with E-state index in [-0.39, 0.29) is 11.8 Å². The van der Waals surface area contributed by atoms with E-state index in [9.17, 15) is 9.59 Å². The van der Waals surface area contributed by atoms with E-state index in [1.165, 1.54) is 4.90 Å². The fourth-order valence-corrected chi connectivity index (χ4v) is 1.65. The summed E-state index contributed by atoms with van der Waals surface area (Å²) in [7, 11) is 0. The van der Waals surface area contributed by atoms with E-state index in [1.54, 1.807) is 0 Å². The van der Waals surface area contributed by atoms with E-state index >= 15 is 0 Å². The van der Waals surface area contributed by atoms with Crippen molar-refractivity contribution >= 4 is 12.0 Å². The second kappa shape index (κ2) is 5.16. The predicted octanol–water partition coefficient (Wildman–Crippen LogP) is -0.128. The minimum Gasteiger partial charge on any atom is -0.465 e. The first-order chi connectivity index (χ1) is 7.45. The van der Waals surface area contributed by atoms with Crippen molar-refractivity contribution in [2.45, 2.75) is 32.4 Å². The summed E-state index contributed by atoms with van der Waals surface area (Å²) in [5.41, 5.74) is 0. The maximum Gasteiger partial charge on any atom is 0.405 e. The lowest BCUT2D eigenvalue weighted by atomic mass is 9.96. The normalized spacial score (nSPS) is 19.8. The molecule has 0 aromatic rings.